The van der Waals surface area contributed by atoms with Gasteiger partial charge in [0.05, 0.1) is 11.4 Å². The molecule has 0 aliphatic heterocycles. The number of rotatable bonds is 11. The molecule has 4 heteroatoms. The Hall–Kier alpha value is -9.44. The van der Waals surface area contributed by atoms with Crippen LogP contribution in [0.2, 0.25) is 0 Å². The fourth-order valence-electron chi connectivity index (χ4n) is 10.3. The van der Waals surface area contributed by atoms with Crippen LogP contribution in [0.4, 0.5) is 0 Å². The summed E-state index contributed by atoms with van der Waals surface area (Å²) in [5.74, 6) is 0.602. The molecule has 0 bridgehead atoms. The Morgan fingerprint density at radius 1 is 0.260 bits per heavy atom. The van der Waals surface area contributed by atoms with Crippen LogP contribution >= 0.6 is 0 Å². The van der Waals surface area contributed by atoms with Gasteiger partial charge in [0.2, 0.25) is 0 Å². The summed E-state index contributed by atoms with van der Waals surface area (Å²) >= 11 is 0. The summed E-state index contributed by atoms with van der Waals surface area (Å²) in [5, 5.41) is 2.18. The number of fused-ring (bicyclic) bond motifs is 1. The van der Waals surface area contributed by atoms with E-state index in [9.17, 15) is 0 Å². The van der Waals surface area contributed by atoms with Gasteiger partial charge >= 0.3 is 0 Å². The molecule has 77 heavy (non-hydrogen) atoms. The van der Waals surface area contributed by atoms with E-state index < -0.39 is 0 Å². The van der Waals surface area contributed by atoms with Gasteiger partial charge < -0.3 is 4.98 Å². The van der Waals surface area contributed by atoms with Crippen LogP contribution in [0.5, 0.6) is 0 Å². The average molecular weight is 1160 g/mol. The third-order valence-corrected chi connectivity index (χ3v) is 14.2. The second kappa shape index (κ2) is 21.8. The number of benzene rings is 11. The van der Waals surface area contributed by atoms with E-state index in [1.54, 1.807) is 0 Å². The van der Waals surface area contributed by atoms with Crippen LogP contribution in [0.1, 0.15) is 0 Å². The van der Waals surface area contributed by atoms with Crippen molar-refractivity contribution in [2.45, 2.75) is 0 Å². The van der Waals surface area contributed by atoms with Crippen LogP contribution in [0.15, 0.2) is 291 Å². The van der Waals surface area contributed by atoms with Crippen LogP contribution in [-0.4, -0.2) is 15.0 Å². The predicted molar refractivity (Wildman–Crippen MR) is 316 cm³/mol. The smallest absolute Gasteiger partial charge is 0.142 e. The zero-order chi connectivity index (χ0) is 50.6. The van der Waals surface area contributed by atoms with E-state index in [0.717, 1.165) is 122 Å². The summed E-state index contributed by atoms with van der Waals surface area (Å²) in [4.78, 5) is 16.0. The molecule has 11 aromatic carbocycles. The third-order valence-electron chi connectivity index (χ3n) is 14.2. The molecule has 0 spiro atoms. The van der Waals surface area contributed by atoms with Crippen molar-refractivity contribution in [3.05, 3.63) is 297 Å². The molecule has 2 heterocycles. The van der Waals surface area contributed by atoms with Gasteiger partial charge in [-0.05, 0) is 167 Å². The van der Waals surface area contributed by atoms with Crippen LogP contribution in [-0.2, 0) is 20.1 Å². The van der Waals surface area contributed by atoms with Crippen LogP contribution < -0.4 is 0 Å². The summed E-state index contributed by atoms with van der Waals surface area (Å²) in [6, 6.07) is 105. The Balaban J connectivity index is 0.00000596. The molecular formula is C73H48IrN3-. The minimum Gasteiger partial charge on any atom is -0.304 e. The molecule has 13 aromatic rings. The molecule has 13 rings (SSSR count). The molecule has 2 aromatic heterocycles. The van der Waals surface area contributed by atoms with Crippen LogP contribution in [0, 0.1) is 6.07 Å². The number of nitrogens with zero attached hydrogens (tertiary/aromatic N) is 3. The molecule has 0 aliphatic carbocycles. The molecule has 0 saturated carbocycles. The second-order valence-corrected chi connectivity index (χ2v) is 19.1. The van der Waals surface area contributed by atoms with E-state index in [-0.39, 0.29) is 20.1 Å². The standard InChI is InChI=1S/C73H48N3.Ir/c1-6-20-50(21-7-1)56-31-18-32-57(38-56)64-41-62(53-26-12-4-13-27-53)45-67(47-64)70-49-71(76-73(75-70)59-34-19-33-58(39-59)72-69-35-17-16-30-55(69)36-37-74-72)68-46-63(54-28-14-5-15-29-54)44-66(48-68)65-42-60(51-22-8-2-9-23-51)40-61(43-65)52-24-10-3-11-25-52;/h1-32,34-49H;/q-1;. The van der Waals surface area contributed by atoms with E-state index in [2.05, 4.69) is 285 Å². The largest absolute Gasteiger partial charge is 0.304 e. The average Bonchev–Trinajstić information content (AvgIpc) is 3.52. The van der Waals surface area contributed by atoms with Gasteiger partial charge in [-0.15, -0.1) is 29.8 Å². The van der Waals surface area contributed by atoms with E-state index in [1.807, 2.05) is 12.3 Å². The summed E-state index contributed by atoms with van der Waals surface area (Å²) in [7, 11) is 0. The molecule has 0 amide bonds. The van der Waals surface area contributed by atoms with Crippen molar-refractivity contribution in [3.63, 3.8) is 0 Å². The maximum Gasteiger partial charge on any atom is 0.142 e. The van der Waals surface area contributed by atoms with Gasteiger partial charge in [-0.2, -0.15) is 0 Å². The second-order valence-electron chi connectivity index (χ2n) is 19.1. The first-order chi connectivity index (χ1) is 37.6. The molecular weight excluding hydrogens is 1110 g/mol. The SMILES string of the molecule is [Ir].[c-]1ccc(-c2nc(-c3cc(-c4ccccc4)cc(-c4cccc(-c5ccccc5)c4)c3)cc(-c3cc(-c4ccccc4)cc(-c4cc(-c5ccccc5)cc(-c5ccccc5)c4)c3)n2)cc1-c1nccc2ccccc12. The molecule has 0 N–H and O–H groups in total. The van der Waals surface area contributed by atoms with Gasteiger partial charge in [-0.1, -0.05) is 200 Å². The van der Waals surface area contributed by atoms with E-state index >= 15 is 0 Å². The van der Waals surface area contributed by atoms with Crippen molar-refractivity contribution in [1.82, 2.24) is 15.0 Å². The van der Waals surface area contributed by atoms with Gasteiger partial charge in [0.15, 0.2) is 0 Å². The van der Waals surface area contributed by atoms with Crippen LogP contribution in [0.3, 0.4) is 0 Å². The van der Waals surface area contributed by atoms with Gasteiger partial charge in [-0.3, -0.25) is 0 Å². The Labute approximate surface area is 463 Å². The molecule has 0 fully saturated rings. The predicted octanol–water partition coefficient (Wildman–Crippen LogP) is 19.2. The monoisotopic (exact) mass is 1160 g/mol. The van der Waals surface area contributed by atoms with Gasteiger partial charge in [-0.25, -0.2) is 9.97 Å². The van der Waals surface area contributed by atoms with E-state index in [1.165, 1.54) is 5.56 Å². The van der Waals surface area contributed by atoms with E-state index in [4.69, 9.17) is 15.0 Å². The van der Waals surface area contributed by atoms with Crippen molar-refractivity contribution in [2.75, 3.05) is 0 Å². The summed E-state index contributed by atoms with van der Waals surface area (Å²) in [5.41, 5.74) is 21.9. The fraction of sp³-hybridized carbons (Fsp3) is 0. The van der Waals surface area contributed by atoms with Crippen molar-refractivity contribution in [2.24, 2.45) is 0 Å². The molecule has 0 saturated heterocycles. The van der Waals surface area contributed by atoms with Crippen molar-refractivity contribution < 1.29 is 20.1 Å². The fourth-order valence-corrected chi connectivity index (χ4v) is 10.3. The Bertz CT molecular complexity index is 4140. The Morgan fingerprint density at radius 2 is 0.610 bits per heavy atom. The van der Waals surface area contributed by atoms with Gasteiger partial charge in [0.25, 0.3) is 0 Å². The molecule has 0 aliphatic rings. The minimum atomic E-state index is 0. The number of hydrogen-bond donors (Lipinski definition) is 0. The summed E-state index contributed by atoms with van der Waals surface area (Å²) in [6.45, 7) is 0. The quantitative estimate of drug-likeness (QED) is 0.121. The van der Waals surface area contributed by atoms with E-state index in [0.29, 0.717) is 5.82 Å². The molecule has 3 nitrogen and oxygen atoms in total. The molecule has 0 unspecified atom stereocenters. The Kier molecular flexibility index (Phi) is 13.7. The first kappa shape index (κ1) is 48.5. The summed E-state index contributed by atoms with van der Waals surface area (Å²) < 4.78 is 0. The van der Waals surface area contributed by atoms with Crippen molar-refractivity contribution >= 4 is 10.8 Å². The molecule has 365 valence electrons. The Morgan fingerprint density at radius 3 is 1.08 bits per heavy atom. The third kappa shape index (κ3) is 10.4. The van der Waals surface area contributed by atoms with Crippen molar-refractivity contribution in [1.29, 1.82) is 0 Å². The maximum absolute atomic E-state index is 5.56. The van der Waals surface area contributed by atoms with Gasteiger partial charge in [0.1, 0.15) is 5.82 Å². The molecule has 1 radical (unpaired) electrons. The number of pyridine rings is 1. The topological polar surface area (TPSA) is 38.7 Å². The number of hydrogen-bond acceptors (Lipinski definition) is 3. The zero-order valence-corrected chi connectivity index (χ0v) is 44.3. The first-order valence-electron chi connectivity index (χ1n) is 25.7. The normalized spacial score (nSPS) is 11.0. The number of aromatic nitrogens is 3. The van der Waals surface area contributed by atoms with Crippen LogP contribution in [0.25, 0.3) is 134 Å². The van der Waals surface area contributed by atoms with Gasteiger partial charge in [0, 0.05) is 37.4 Å². The maximum atomic E-state index is 5.56. The van der Waals surface area contributed by atoms with Crippen molar-refractivity contribution in [3.8, 4) is 123 Å². The summed E-state index contributed by atoms with van der Waals surface area (Å²) in [6.07, 6.45) is 1.87. The zero-order valence-electron chi connectivity index (χ0n) is 41.9. The first-order valence-corrected chi connectivity index (χ1v) is 25.7. The minimum absolute atomic E-state index is 0. The molecule has 0 atom stereocenters.